The predicted molar refractivity (Wildman–Crippen MR) is 189 cm³/mol. The van der Waals surface area contributed by atoms with Gasteiger partial charge in [0, 0.05) is 12.3 Å². The third-order valence-electron chi connectivity index (χ3n) is 8.73. The van der Waals surface area contributed by atoms with Gasteiger partial charge in [0.2, 0.25) is 0 Å². The third-order valence-corrected chi connectivity index (χ3v) is 9.44. The van der Waals surface area contributed by atoms with Gasteiger partial charge in [0.15, 0.2) is 0 Å². The van der Waals surface area contributed by atoms with Gasteiger partial charge in [-0.1, -0.05) is 92.0 Å². The predicted octanol–water partition coefficient (Wildman–Crippen LogP) is 9.39. The van der Waals surface area contributed by atoms with Crippen molar-refractivity contribution in [3.8, 4) is 23.8 Å². The average molecular weight is 655 g/mol. The fourth-order valence-electron chi connectivity index (χ4n) is 5.64. The molecule has 0 bridgehead atoms. The fourth-order valence-corrected chi connectivity index (χ4v) is 6.28. The van der Waals surface area contributed by atoms with Crippen molar-refractivity contribution in [3.63, 3.8) is 0 Å². The molecule has 0 amide bonds. The van der Waals surface area contributed by atoms with E-state index in [0.717, 1.165) is 49.8 Å². The number of benzene rings is 2. The summed E-state index contributed by atoms with van der Waals surface area (Å²) in [5.74, 6) is 6.02. The molecule has 0 heterocycles. The molecular formula is C39H58O6S. The molecule has 7 heteroatoms. The normalized spacial score (nSPS) is 22.2. The van der Waals surface area contributed by atoms with E-state index in [1.165, 1.54) is 17.5 Å². The number of aryl methyl sites for hydroxylation is 1. The zero-order chi connectivity index (χ0) is 34.4. The van der Waals surface area contributed by atoms with Crippen LogP contribution in [0.3, 0.4) is 0 Å². The highest BCUT2D eigenvalue weighted by Crippen LogP contribution is 2.31. The maximum absolute atomic E-state index is 11.7. The summed E-state index contributed by atoms with van der Waals surface area (Å²) in [5.41, 5.74) is 3.50. The van der Waals surface area contributed by atoms with Crippen LogP contribution in [0.25, 0.3) is 0 Å². The van der Waals surface area contributed by atoms with Crippen molar-refractivity contribution in [2.75, 3.05) is 6.61 Å². The number of carbonyl (C=O) groups is 1. The van der Waals surface area contributed by atoms with Crippen LogP contribution in [-0.4, -0.2) is 33.9 Å². The summed E-state index contributed by atoms with van der Waals surface area (Å²) in [4.78, 5) is 11.4. The molecule has 0 spiro atoms. The molecular weight excluding hydrogens is 596 g/mol. The number of Topliss-reactive ketones (excluding diaryl/α,β-unsaturated/α-hetero) is 1. The molecule has 0 radical (unpaired) electrons. The van der Waals surface area contributed by atoms with Crippen molar-refractivity contribution >= 4 is 17.1 Å². The molecule has 0 aliphatic heterocycles. The van der Waals surface area contributed by atoms with Gasteiger partial charge in [-0.15, -0.1) is 6.42 Å². The maximum Gasteiger partial charge on any atom is 0.305 e. The van der Waals surface area contributed by atoms with Gasteiger partial charge >= 0.3 is 11.4 Å². The number of hydrogen-bond acceptors (Lipinski definition) is 6. The number of phenolic OH excluding ortho intramolecular Hbond substituents is 1. The number of rotatable bonds is 8. The van der Waals surface area contributed by atoms with E-state index in [9.17, 15) is 14.1 Å². The third kappa shape index (κ3) is 13.6. The lowest BCUT2D eigenvalue weighted by Gasteiger charge is -2.30. The number of ether oxygens (including phenoxy) is 1. The van der Waals surface area contributed by atoms with Crippen LogP contribution in [0.2, 0.25) is 0 Å². The highest BCUT2D eigenvalue weighted by molar-refractivity contribution is 7.75. The molecule has 46 heavy (non-hydrogen) atoms. The van der Waals surface area contributed by atoms with Crippen LogP contribution in [0.5, 0.6) is 11.5 Å². The average Bonchev–Trinajstić information content (AvgIpc) is 2.98. The molecule has 1 N–H and O–H groups in total. The SMILES string of the molecule is C#CCOS(=O)OC1CCCCC1Oc1ccc(C(C)(C)C)cc1.CC(C)[C@H]1CC[C@@H](C)CC1=O.Cc1ccc(C(C)C)cc1O. The van der Waals surface area contributed by atoms with Gasteiger partial charge in [-0.2, -0.15) is 4.21 Å². The lowest BCUT2D eigenvalue weighted by molar-refractivity contribution is -0.127. The van der Waals surface area contributed by atoms with E-state index in [2.05, 4.69) is 79.5 Å². The van der Waals surface area contributed by atoms with E-state index in [0.29, 0.717) is 35.2 Å². The Morgan fingerprint density at radius 3 is 2.13 bits per heavy atom. The zero-order valence-electron chi connectivity index (χ0n) is 29.6. The first kappa shape index (κ1) is 39.5. The van der Waals surface area contributed by atoms with Crippen LogP contribution in [-0.2, 0) is 29.9 Å². The fraction of sp³-hybridized carbons (Fsp3) is 0.615. The smallest absolute Gasteiger partial charge is 0.305 e. The summed E-state index contributed by atoms with van der Waals surface area (Å²) >= 11 is -1.83. The summed E-state index contributed by atoms with van der Waals surface area (Å²) in [6.45, 7) is 19.1. The molecule has 5 atom stereocenters. The molecule has 4 rings (SSSR count). The lowest BCUT2D eigenvalue weighted by Crippen LogP contribution is -2.37. The molecule has 0 aromatic heterocycles. The Balaban J connectivity index is 0.000000277. The Morgan fingerprint density at radius 1 is 0.978 bits per heavy atom. The molecule has 6 nitrogen and oxygen atoms in total. The van der Waals surface area contributed by atoms with E-state index in [1.807, 2.05) is 31.2 Å². The Hall–Kier alpha value is -2.66. The number of aromatic hydroxyl groups is 1. The molecule has 2 aliphatic rings. The highest BCUT2D eigenvalue weighted by atomic mass is 32.2. The summed E-state index contributed by atoms with van der Waals surface area (Å²) in [6, 6.07) is 14.0. The number of phenols is 1. The molecule has 3 unspecified atom stereocenters. The van der Waals surface area contributed by atoms with Crippen molar-refractivity contribution < 1.29 is 27.2 Å². The van der Waals surface area contributed by atoms with Gasteiger partial charge in [0.25, 0.3) is 0 Å². The Kier molecular flexibility index (Phi) is 16.5. The van der Waals surface area contributed by atoms with Gasteiger partial charge in [-0.3, -0.25) is 13.2 Å². The van der Waals surface area contributed by atoms with Crippen molar-refractivity contribution in [3.05, 3.63) is 59.2 Å². The van der Waals surface area contributed by atoms with Gasteiger partial charge < -0.3 is 9.84 Å². The van der Waals surface area contributed by atoms with Crippen LogP contribution in [0.4, 0.5) is 0 Å². The maximum atomic E-state index is 11.7. The van der Waals surface area contributed by atoms with E-state index in [-0.39, 0.29) is 24.2 Å². The van der Waals surface area contributed by atoms with Crippen LogP contribution in [0.1, 0.15) is 123 Å². The standard InChI is InChI=1S/C19H26O4S.C10H14O.C10H18O/c1-5-14-21-24(20)23-18-9-7-6-8-17(18)22-16-12-10-15(11-13-16)19(2,3)4;1-7(2)9-5-4-8(3)10(11)6-9;1-7(2)9-5-4-8(3)6-10(9)11/h1,10-13,17-18H,6-9,14H2,2-4H3;4-7,11H,1-3H3;7-9H,4-6H2,1-3H3/t;;8-,9-/m..1/s1. The van der Waals surface area contributed by atoms with Crippen molar-refractivity contribution in [1.29, 1.82) is 0 Å². The molecule has 0 saturated heterocycles. The quantitative estimate of drug-likeness (QED) is 0.286. The minimum atomic E-state index is -1.83. The van der Waals surface area contributed by atoms with Crippen LogP contribution >= 0.6 is 0 Å². The monoisotopic (exact) mass is 654 g/mol. The Bertz CT molecular complexity index is 1270. The van der Waals surface area contributed by atoms with Crippen molar-refractivity contribution in [2.24, 2.45) is 17.8 Å². The molecule has 2 aliphatic carbocycles. The number of carbonyl (C=O) groups excluding carboxylic acids is 1. The summed E-state index contributed by atoms with van der Waals surface area (Å²) < 4.78 is 28.2. The molecule has 256 valence electrons. The van der Waals surface area contributed by atoms with Crippen molar-refractivity contribution in [2.45, 2.75) is 131 Å². The van der Waals surface area contributed by atoms with Crippen LogP contribution in [0, 0.1) is 37.0 Å². The molecule has 2 saturated carbocycles. The van der Waals surface area contributed by atoms with Gasteiger partial charge in [0.05, 0.1) is 0 Å². The van der Waals surface area contributed by atoms with E-state index in [4.69, 9.17) is 19.5 Å². The highest BCUT2D eigenvalue weighted by Gasteiger charge is 2.30. The Labute approximate surface area is 281 Å². The minimum Gasteiger partial charge on any atom is -0.508 e. The summed E-state index contributed by atoms with van der Waals surface area (Å²) in [5, 5.41) is 9.35. The van der Waals surface area contributed by atoms with Crippen LogP contribution in [0.15, 0.2) is 42.5 Å². The second-order valence-electron chi connectivity index (χ2n) is 14.4. The second-order valence-corrected chi connectivity index (χ2v) is 15.3. The van der Waals surface area contributed by atoms with E-state index in [1.54, 1.807) is 0 Å². The number of terminal acetylenes is 1. The lowest BCUT2D eigenvalue weighted by atomic mass is 9.77. The molecule has 2 fully saturated rings. The van der Waals surface area contributed by atoms with Crippen LogP contribution < -0.4 is 4.74 Å². The number of hydrogen-bond donors (Lipinski definition) is 1. The minimum absolute atomic E-state index is 0.0287. The zero-order valence-corrected chi connectivity index (χ0v) is 30.5. The van der Waals surface area contributed by atoms with Gasteiger partial charge in [-0.25, -0.2) is 0 Å². The van der Waals surface area contributed by atoms with E-state index < -0.39 is 11.4 Å². The molecule has 2 aromatic carbocycles. The van der Waals surface area contributed by atoms with E-state index >= 15 is 0 Å². The van der Waals surface area contributed by atoms with Gasteiger partial charge in [-0.05, 0) is 97.1 Å². The summed E-state index contributed by atoms with van der Waals surface area (Å²) in [6.07, 6.45) is 11.7. The Morgan fingerprint density at radius 2 is 1.61 bits per heavy atom. The largest absolute Gasteiger partial charge is 0.508 e. The first-order chi connectivity index (χ1) is 21.6. The number of ketones is 1. The topological polar surface area (TPSA) is 82.1 Å². The first-order valence-corrected chi connectivity index (χ1v) is 17.9. The second kappa shape index (κ2) is 19.2. The first-order valence-electron chi connectivity index (χ1n) is 16.9. The van der Waals surface area contributed by atoms with Gasteiger partial charge in [0.1, 0.15) is 36.1 Å². The molecule has 2 aromatic rings. The summed E-state index contributed by atoms with van der Waals surface area (Å²) in [7, 11) is 0. The van der Waals surface area contributed by atoms with Crippen molar-refractivity contribution in [1.82, 2.24) is 0 Å².